The maximum atomic E-state index is 2.48. The van der Waals surface area contributed by atoms with E-state index in [0.717, 1.165) is 15.9 Å². The molecule has 0 heterocycles. The van der Waals surface area contributed by atoms with Crippen molar-refractivity contribution < 1.29 is 0 Å². The van der Waals surface area contributed by atoms with Gasteiger partial charge in [-0.3, -0.25) is 0 Å². The van der Waals surface area contributed by atoms with Gasteiger partial charge in [-0.15, -0.1) is 0 Å². The summed E-state index contributed by atoms with van der Waals surface area (Å²) in [4.78, 5) is 0. The molecule has 0 fully saturated rings. The number of hydrogen-bond acceptors (Lipinski definition) is 0. The molecule has 0 saturated carbocycles. The predicted octanol–water partition coefficient (Wildman–Crippen LogP) is 5.79. The smallest absolute Gasteiger partial charge is 0.0837 e. The highest BCUT2D eigenvalue weighted by molar-refractivity contribution is 6.62. The summed E-state index contributed by atoms with van der Waals surface area (Å²) in [5.74, 6) is 0. The average molecular weight is 347 g/mol. The van der Waals surface area contributed by atoms with E-state index in [2.05, 4.69) is 91.0 Å². The quantitative estimate of drug-likeness (QED) is 0.608. The Labute approximate surface area is 156 Å². The Balaban J connectivity index is 2.10. The first-order chi connectivity index (χ1) is 11.7. The molecule has 2 radical (unpaired) electrons. The number of benzene rings is 1. The first kappa shape index (κ1) is 18.2. The van der Waals surface area contributed by atoms with Crippen molar-refractivity contribution in [1.82, 2.24) is 0 Å². The van der Waals surface area contributed by atoms with Crippen molar-refractivity contribution in [1.29, 1.82) is 0 Å². The fourth-order valence-electron chi connectivity index (χ4n) is 4.53. The second kappa shape index (κ2) is 6.28. The van der Waals surface area contributed by atoms with Crippen molar-refractivity contribution in [3.8, 4) is 0 Å². The largest absolute Gasteiger partial charge is 0.117 e. The van der Waals surface area contributed by atoms with Gasteiger partial charge in [0.25, 0.3) is 0 Å². The van der Waals surface area contributed by atoms with Crippen LogP contribution in [0.15, 0.2) is 64.4 Å². The van der Waals surface area contributed by atoms with E-state index in [1.165, 1.54) is 27.5 Å². The molecule has 25 heavy (non-hydrogen) atoms. The number of hydrogen-bond donors (Lipinski definition) is 0. The van der Waals surface area contributed by atoms with Gasteiger partial charge in [-0.1, -0.05) is 89.0 Å². The maximum absolute atomic E-state index is 2.48. The molecular weight excluding hydrogens is 316 g/mol. The molecule has 1 aromatic rings. The van der Waals surface area contributed by atoms with Crippen LogP contribution in [0.3, 0.4) is 0 Å². The van der Waals surface area contributed by atoms with Crippen molar-refractivity contribution in [2.75, 3.05) is 0 Å². The van der Waals surface area contributed by atoms with E-state index in [1.807, 2.05) is 0 Å². The highest BCUT2D eigenvalue weighted by Crippen LogP contribution is 2.59. The van der Waals surface area contributed by atoms with E-state index < -0.39 is 0 Å². The molecule has 0 aromatic heterocycles. The zero-order chi connectivity index (χ0) is 18.4. The van der Waals surface area contributed by atoms with Crippen LogP contribution in [-0.2, 0) is 0 Å². The van der Waals surface area contributed by atoms with E-state index >= 15 is 0 Å². The molecular formula is C24H30Si. The molecule has 0 N–H and O–H groups in total. The van der Waals surface area contributed by atoms with E-state index in [4.69, 9.17) is 0 Å². The van der Waals surface area contributed by atoms with E-state index in [1.54, 1.807) is 10.8 Å². The topological polar surface area (TPSA) is 0 Å². The van der Waals surface area contributed by atoms with E-state index in [-0.39, 0.29) is 10.8 Å². The van der Waals surface area contributed by atoms with Crippen molar-refractivity contribution in [2.24, 2.45) is 10.8 Å². The molecule has 1 heteroatoms. The summed E-state index contributed by atoms with van der Waals surface area (Å²) in [5, 5.41) is 3.13. The van der Waals surface area contributed by atoms with E-state index in [0.29, 0.717) is 0 Å². The number of rotatable bonds is 3. The average Bonchev–Trinajstić information content (AvgIpc) is 2.74. The number of allylic oxidation sites excluding steroid dienone is 8. The van der Waals surface area contributed by atoms with Gasteiger partial charge in [0.05, 0.1) is 0 Å². The normalized spacial score (nSPS) is 29.1. The second-order valence-electron chi connectivity index (χ2n) is 8.23. The summed E-state index contributed by atoms with van der Waals surface area (Å²) in [6.07, 6.45) is 10.3. The van der Waals surface area contributed by atoms with Crippen LogP contribution in [0.4, 0.5) is 0 Å². The minimum absolute atomic E-state index is 0.0954. The second-order valence-corrected chi connectivity index (χ2v) is 9.52. The lowest BCUT2D eigenvalue weighted by Gasteiger charge is -2.47. The SMILES string of the molecule is CC1=C(C)C(C)(C2(C)C=CC=CC2)C([Si]c2ccc(C)cc2C)=C1C. The molecule has 2 aliphatic rings. The zero-order valence-corrected chi connectivity index (χ0v) is 17.7. The van der Waals surface area contributed by atoms with Gasteiger partial charge in [0.1, 0.15) is 9.52 Å². The Kier molecular flexibility index (Phi) is 4.57. The van der Waals surface area contributed by atoms with Crippen LogP contribution >= 0.6 is 0 Å². The van der Waals surface area contributed by atoms with Crippen LogP contribution in [0.25, 0.3) is 0 Å². The van der Waals surface area contributed by atoms with Crippen LogP contribution in [-0.4, -0.2) is 9.52 Å². The van der Waals surface area contributed by atoms with Crippen molar-refractivity contribution in [2.45, 2.75) is 54.9 Å². The van der Waals surface area contributed by atoms with Crippen LogP contribution in [0.1, 0.15) is 52.2 Å². The van der Waals surface area contributed by atoms with Crippen LogP contribution in [0.5, 0.6) is 0 Å². The predicted molar refractivity (Wildman–Crippen MR) is 111 cm³/mol. The molecule has 130 valence electrons. The molecule has 0 nitrogen and oxygen atoms in total. The Hall–Kier alpha value is -1.60. The summed E-state index contributed by atoms with van der Waals surface area (Å²) >= 11 is 0. The van der Waals surface area contributed by atoms with E-state index in [9.17, 15) is 0 Å². The molecule has 0 aliphatic heterocycles. The van der Waals surface area contributed by atoms with Crippen LogP contribution in [0, 0.1) is 24.7 Å². The lowest BCUT2D eigenvalue weighted by Crippen LogP contribution is -2.41. The summed E-state index contributed by atoms with van der Waals surface area (Å²) in [6, 6.07) is 6.92. The van der Waals surface area contributed by atoms with Gasteiger partial charge in [0, 0.05) is 10.8 Å². The Morgan fingerprint density at radius 3 is 2.24 bits per heavy atom. The van der Waals surface area contributed by atoms with Crippen LogP contribution < -0.4 is 5.19 Å². The first-order valence-corrected chi connectivity index (χ1v) is 10.3. The number of aryl methyl sites for hydroxylation is 2. The molecule has 3 rings (SSSR count). The molecule has 2 aliphatic carbocycles. The molecule has 0 spiro atoms. The van der Waals surface area contributed by atoms with Gasteiger partial charge in [-0.05, 0) is 46.6 Å². The fourth-order valence-corrected chi connectivity index (χ4v) is 6.33. The van der Waals surface area contributed by atoms with Gasteiger partial charge < -0.3 is 0 Å². The van der Waals surface area contributed by atoms with Gasteiger partial charge in [0.2, 0.25) is 0 Å². The Bertz CT molecular complexity index is 834. The summed E-state index contributed by atoms with van der Waals surface area (Å²) in [5.41, 5.74) is 7.58. The molecule has 0 bridgehead atoms. The third-order valence-electron chi connectivity index (χ3n) is 6.79. The Morgan fingerprint density at radius 2 is 1.64 bits per heavy atom. The van der Waals surface area contributed by atoms with Crippen LogP contribution in [0.2, 0.25) is 0 Å². The summed E-state index contributed by atoms with van der Waals surface area (Å²) < 4.78 is 0. The van der Waals surface area contributed by atoms with Crippen molar-refractivity contribution in [3.63, 3.8) is 0 Å². The molecule has 0 amide bonds. The zero-order valence-electron chi connectivity index (χ0n) is 16.7. The lowest BCUT2D eigenvalue weighted by atomic mass is 9.60. The fraction of sp³-hybridized carbons (Fsp3) is 0.417. The van der Waals surface area contributed by atoms with Gasteiger partial charge in [-0.25, -0.2) is 0 Å². The molecule has 2 atom stereocenters. The highest BCUT2D eigenvalue weighted by atomic mass is 28.2. The lowest BCUT2D eigenvalue weighted by molar-refractivity contribution is 0.224. The molecule has 0 saturated heterocycles. The Morgan fingerprint density at radius 1 is 0.920 bits per heavy atom. The van der Waals surface area contributed by atoms with Crippen molar-refractivity contribution >= 4 is 14.7 Å². The summed E-state index contributed by atoms with van der Waals surface area (Å²) in [6.45, 7) is 16.4. The minimum Gasteiger partial charge on any atom is -0.0837 e. The summed E-state index contributed by atoms with van der Waals surface area (Å²) in [7, 11) is 0.742. The first-order valence-electron chi connectivity index (χ1n) is 9.29. The minimum atomic E-state index is 0.0954. The van der Waals surface area contributed by atoms with Gasteiger partial charge >= 0.3 is 0 Å². The highest BCUT2D eigenvalue weighted by Gasteiger charge is 2.50. The van der Waals surface area contributed by atoms with Gasteiger partial charge in [0.15, 0.2) is 0 Å². The standard InChI is InChI=1S/C24H30Si/c1-16-11-12-21(17(2)15-16)25-22-19(4)18(3)20(5)24(22,7)23(6)13-9-8-10-14-23/h8-13,15H,14H2,1-7H3. The third-order valence-corrected chi connectivity index (χ3v) is 8.74. The monoisotopic (exact) mass is 346 g/mol. The third kappa shape index (κ3) is 2.73. The maximum Gasteiger partial charge on any atom is 0.117 e. The van der Waals surface area contributed by atoms with Crippen molar-refractivity contribution in [3.05, 3.63) is 75.5 Å². The molecule has 1 aromatic carbocycles. The van der Waals surface area contributed by atoms with Gasteiger partial charge in [-0.2, -0.15) is 0 Å². The molecule has 2 unspecified atom stereocenters.